The zero-order valence-corrected chi connectivity index (χ0v) is 14.2. The van der Waals surface area contributed by atoms with Gasteiger partial charge in [0.15, 0.2) is 0 Å². The summed E-state index contributed by atoms with van der Waals surface area (Å²) in [5.41, 5.74) is 0. The van der Waals surface area contributed by atoms with Gasteiger partial charge in [0.2, 0.25) is 0 Å². The molecule has 0 amide bonds. The number of hydrogen-bond acceptors (Lipinski definition) is 6. The summed E-state index contributed by atoms with van der Waals surface area (Å²) in [7, 11) is 1.36. The Kier molecular flexibility index (Phi) is 5.79. The first kappa shape index (κ1) is 17.9. The van der Waals surface area contributed by atoms with Gasteiger partial charge in [-0.2, -0.15) is 0 Å². The van der Waals surface area contributed by atoms with Crippen LogP contribution in [0.2, 0.25) is 0 Å². The van der Waals surface area contributed by atoms with Gasteiger partial charge in [0.05, 0.1) is 37.1 Å². The van der Waals surface area contributed by atoms with E-state index in [0.717, 1.165) is 6.42 Å². The van der Waals surface area contributed by atoms with E-state index >= 15 is 0 Å². The van der Waals surface area contributed by atoms with Crippen molar-refractivity contribution >= 4 is 17.9 Å². The van der Waals surface area contributed by atoms with Crippen LogP contribution in [-0.2, 0) is 28.6 Å². The van der Waals surface area contributed by atoms with Gasteiger partial charge in [0.1, 0.15) is 0 Å². The standard InChI is InChI=1S/C17H26O6/c1-9(15(18)21-4)6-5-7-12-13(17(20)23-16(12)19)14-10(2)8-11(3)22-14/h9-14H,5-8H2,1-4H3. The fourth-order valence-corrected chi connectivity index (χ4v) is 3.73. The Labute approximate surface area is 136 Å². The molecule has 2 saturated heterocycles. The zero-order valence-electron chi connectivity index (χ0n) is 14.2. The Bertz CT molecular complexity index is 474. The van der Waals surface area contributed by atoms with Crippen LogP contribution in [0.25, 0.3) is 0 Å². The molecule has 2 heterocycles. The first-order chi connectivity index (χ1) is 10.8. The van der Waals surface area contributed by atoms with Gasteiger partial charge in [-0.3, -0.25) is 14.4 Å². The lowest BCUT2D eigenvalue weighted by Crippen LogP contribution is -2.34. The minimum atomic E-state index is -0.518. The maximum absolute atomic E-state index is 12.1. The Hall–Kier alpha value is -1.43. The van der Waals surface area contributed by atoms with E-state index < -0.39 is 23.8 Å². The highest BCUT2D eigenvalue weighted by molar-refractivity contribution is 5.96. The third-order valence-electron chi connectivity index (χ3n) is 4.97. The van der Waals surface area contributed by atoms with Crippen molar-refractivity contribution in [2.75, 3.05) is 7.11 Å². The van der Waals surface area contributed by atoms with Crippen LogP contribution in [0.5, 0.6) is 0 Å². The molecule has 6 nitrogen and oxygen atoms in total. The number of hydrogen-bond donors (Lipinski definition) is 0. The highest BCUT2D eigenvalue weighted by Crippen LogP contribution is 2.40. The monoisotopic (exact) mass is 326 g/mol. The first-order valence-electron chi connectivity index (χ1n) is 8.34. The number of ether oxygens (including phenoxy) is 3. The number of carbonyl (C=O) groups excluding carboxylic acids is 3. The molecule has 6 heteroatoms. The lowest BCUT2D eigenvalue weighted by Gasteiger charge is -2.23. The quantitative estimate of drug-likeness (QED) is 0.549. The largest absolute Gasteiger partial charge is 0.469 e. The van der Waals surface area contributed by atoms with Gasteiger partial charge >= 0.3 is 17.9 Å². The molecule has 2 aliphatic heterocycles. The maximum atomic E-state index is 12.1. The van der Waals surface area contributed by atoms with E-state index in [0.29, 0.717) is 19.3 Å². The van der Waals surface area contributed by atoms with E-state index in [4.69, 9.17) is 14.2 Å². The second kappa shape index (κ2) is 7.43. The molecule has 130 valence electrons. The van der Waals surface area contributed by atoms with Gasteiger partial charge < -0.3 is 14.2 Å². The zero-order chi connectivity index (χ0) is 17.1. The van der Waals surface area contributed by atoms with Gasteiger partial charge in [-0.05, 0) is 32.1 Å². The summed E-state index contributed by atoms with van der Waals surface area (Å²) < 4.78 is 15.4. The normalized spacial score (nSPS) is 35.2. The van der Waals surface area contributed by atoms with Crippen molar-refractivity contribution in [3.05, 3.63) is 0 Å². The highest BCUT2D eigenvalue weighted by atomic mass is 16.6. The van der Waals surface area contributed by atoms with E-state index in [1.807, 2.05) is 13.8 Å². The van der Waals surface area contributed by atoms with Crippen LogP contribution in [0, 0.1) is 23.7 Å². The van der Waals surface area contributed by atoms with E-state index in [2.05, 4.69) is 0 Å². The predicted molar refractivity (Wildman–Crippen MR) is 81.2 cm³/mol. The van der Waals surface area contributed by atoms with Crippen molar-refractivity contribution in [3.63, 3.8) is 0 Å². The minimum Gasteiger partial charge on any atom is -0.469 e. The van der Waals surface area contributed by atoms with Crippen molar-refractivity contribution in [3.8, 4) is 0 Å². The van der Waals surface area contributed by atoms with Crippen molar-refractivity contribution in [2.24, 2.45) is 23.7 Å². The second-order valence-electron chi connectivity index (χ2n) is 6.85. The van der Waals surface area contributed by atoms with E-state index in [1.165, 1.54) is 7.11 Å². The van der Waals surface area contributed by atoms with Crippen LogP contribution in [0.1, 0.15) is 46.5 Å². The van der Waals surface area contributed by atoms with Crippen molar-refractivity contribution in [2.45, 2.75) is 58.7 Å². The van der Waals surface area contributed by atoms with Crippen LogP contribution in [0.4, 0.5) is 0 Å². The summed E-state index contributed by atoms with van der Waals surface area (Å²) in [6, 6.07) is 0. The van der Waals surface area contributed by atoms with Crippen LogP contribution in [-0.4, -0.2) is 37.2 Å². The Morgan fingerprint density at radius 3 is 2.57 bits per heavy atom. The topological polar surface area (TPSA) is 78.9 Å². The molecule has 6 unspecified atom stereocenters. The molecule has 0 aromatic heterocycles. The van der Waals surface area contributed by atoms with Crippen LogP contribution < -0.4 is 0 Å². The smallest absolute Gasteiger partial charge is 0.320 e. The maximum Gasteiger partial charge on any atom is 0.320 e. The molecule has 0 spiro atoms. The summed E-state index contributed by atoms with van der Waals surface area (Å²) >= 11 is 0. The molecule has 0 bridgehead atoms. The molecule has 0 N–H and O–H groups in total. The summed E-state index contributed by atoms with van der Waals surface area (Å²) in [6.45, 7) is 5.82. The lowest BCUT2D eigenvalue weighted by molar-refractivity contribution is -0.155. The molecule has 6 atom stereocenters. The molecule has 0 aliphatic carbocycles. The molecule has 0 aromatic rings. The number of esters is 3. The van der Waals surface area contributed by atoms with Gasteiger partial charge in [-0.25, -0.2) is 0 Å². The number of methoxy groups -OCH3 is 1. The van der Waals surface area contributed by atoms with Crippen LogP contribution >= 0.6 is 0 Å². The summed E-state index contributed by atoms with van der Waals surface area (Å²) in [5.74, 6) is -2.15. The van der Waals surface area contributed by atoms with Gasteiger partial charge in [-0.15, -0.1) is 0 Å². The average molecular weight is 326 g/mol. The highest BCUT2D eigenvalue weighted by Gasteiger charge is 2.52. The number of carbonyl (C=O) groups is 3. The Morgan fingerprint density at radius 2 is 2.00 bits per heavy atom. The molecule has 0 radical (unpaired) electrons. The Balaban J connectivity index is 1.96. The van der Waals surface area contributed by atoms with E-state index in [-0.39, 0.29) is 30.0 Å². The van der Waals surface area contributed by atoms with Gasteiger partial charge in [-0.1, -0.05) is 20.3 Å². The first-order valence-corrected chi connectivity index (χ1v) is 8.34. The van der Waals surface area contributed by atoms with E-state index in [1.54, 1.807) is 6.92 Å². The predicted octanol–water partition coefficient (Wildman–Crippen LogP) is 2.10. The average Bonchev–Trinajstić information content (AvgIpc) is 2.96. The second-order valence-corrected chi connectivity index (χ2v) is 6.85. The molecular formula is C17H26O6. The van der Waals surface area contributed by atoms with Crippen molar-refractivity contribution in [1.82, 2.24) is 0 Å². The number of rotatable bonds is 6. The summed E-state index contributed by atoms with van der Waals surface area (Å²) in [4.78, 5) is 35.5. The van der Waals surface area contributed by atoms with Crippen molar-refractivity contribution in [1.29, 1.82) is 0 Å². The molecule has 2 rings (SSSR count). The lowest BCUT2D eigenvalue weighted by atomic mass is 9.81. The Morgan fingerprint density at radius 1 is 1.30 bits per heavy atom. The fraction of sp³-hybridized carbons (Fsp3) is 0.824. The van der Waals surface area contributed by atoms with Crippen molar-refractivity contribution < 1.29 is 28.6 Å². The molecule has 2 fully saturated rings. The molecule has 23 heavy (non-hydrogen) atoms. The SMILES string of the molecule is COC(=O)C(C)CCCC1C(=O)OC(=O)C1C1OC(C)CC1C. The van der Waals surface area contributed by atoms with Crippen LogP contribution in [0.3, 0.4) is 0 Å². The summed E-state index contributed by atoms with van der Waals surface area (Å²) in [5, 5.41) is 0. The fourth-order valence-electron chi connectivity index (χ4n) is 3.73. The molecule has 2 aliphatic rings. The van der Waals surface area contributed by atoms with Gasteiger partial charge in [0, 0.05) is 0 Å². The molecular weight excluding hydrogens is 300 g/mol. The van der Waals surface area contributed by atoms with Gasteiger partial charge in [0.25, 0.3) is 0 Å². The van der Waals surface area contributed by atoms with E-state index in [9.17, 15) is 14.4 Å². The third kappa shape index (κ3) is 3.91. The minimum absolute atomic E-state index is 0.0958. The van der Waals surface area contributed by atoms with Crippen LogP contribution in [0.15, 0.2) is 0 Å². The molecule has 0 aromatic carbocycles. The summed E-state index contributed by atoms with van der Waals surface area (Å²) in [6.07, 6.45) is 2.53. The number of cyclic esters (lactones) is 2. The molecule has 0 saturated carbocycles. The third-order valence-corrected chi connectivity index (χ3v) is 4.97.